The molecule has 2 aliphatic carbocycles. The normalized spacial score (nSPS) is 15.8. The lowest BCUT2D eigenvalue weighted by atomic mass is 9.72. The van der Waals surface area contributed by atoms with E-state index in [1.54, 1.807) is 12.1 Å². The molecule has 322 valence electrons. The van der Waals surface area contributed by atoms with Crippen molar-refractivity contribution in [3.8, 4) is 33.6 Å². The summed E-state index contributed by atoms with van der Waals surface area (Å²) in [6.45, 7) is 0. The fraction of sp³-hybridized carbons (Fsp3) is 0.250. The summed E-state index contributed by atoms with van der Waals surface area (Å²) < 4.78 is 94.9. The van der Waals surface area contributed by atoms with Crippen LogP contribution in [0.4, 0.5) is 26.3 Å². The van der Waals surface area contributed by atoms with E-state index < -0.39 is 23.5 Å². The van der Waals surface area contributed by atoms with Gasteiger partial charge in [0.15, 0.2) is 0 Å². The van der Waals surface area contributed by atoms with Gasteiger partial charge < -0.3 is 9.13 Å². The SMILES string of the molecule is FC(F)(F)c1cccc(-c2c(C3CCCCC3)c(-n3c4ccccc4c4ccccc43)c(C3CCCCC3)c(-c3cccc(C(F)(F)F)c3)c2-n2c3ccccc3c3ccccc32)c1. The maximum Gasteiger partial charge on any atom is 0.416 e. The number of rotatable bonds is 6. The van der Waals surface area contributed by atoms with E-state index in [0.717, 1.165) is 137 Å². The molecule has 8 heteroatoms. The van der Waals surface area contributed by atoms with Crippen LogP contribution in [-0.4, -0.2) is 9.13 Å². The van der Waals surface area contributed by atoms with Gasteiger partial charge in [0.1, 0.15) is 0 Å². The first kappa shape index (κ1) is 40.5. The van der Waals surface area contributed by atoms with Gasteiger partial charge in [-0.15, -0.1) is 0 Å². The Balaban J connectivity index is 1.47. The second-order valence-corrected chi connectivity index (χ2v) is 17.8. The van der Waals surface area contributed by atoms with Crippen molar-refractivity contribution in [3.05, 3.63) is 168 Å². The Bertz CT molecular complexity index is 3020. The minimum atomic E-state index is -4.64. The molecule has 0 aliphatic heterocycles. The summed E-state index contributed by atoms with van der Waals surface area (Å²) in [5.74, 6) is -0.115. The van der Waals surface area contributed by atoms with Crippen molar-refractivity contribution < 1.29 is 26.3 Å². The molecule has 0 radical (unpaired) electrons. The van der Waals surface area contributed by atoms with Gasteiger partial charge >= 0.3 is 12.4 Å². The first-order chi connectivity index (χ1) is 31.1. The van der Waals surface area contributed by atoms with Crippen LogP contribution < -0.4 is 0 Å². The van der Waals surface area contributed by atoms with Crippen LogP contribution in [-0.2, 0) is 12.4 Å². The molecular formula is C56H46F6N2. The molecule has 64 heavy (non-hydrogen) atoms. The Kier molecular flexibility index (Phi) is 9.97. The molecule has 2 fully saturated rings. The summed E-state index contributed by atoms with van der Waals surface area (Å²) in [4.78, 5) is 0. The monoisotopic (exact) mass is 860 g/mol. The van der Waals surface area contributed by atoms with E-state index in [1.165, 1.54) is 24.3 Å². The molecule has 0 unspecified atom stereocenters. The number of alkyl halides is 6. The van der Waals surface area contributed by atoms with E-state index in [2.05, 4.69) is 45.5 Å². The molecular weight excluding hydrogens is 815 g/mol. The molecule has 2 nitrogen and oxygen atoms in total. The number of hydrogen-bond acceptors (Lipinski definition) is 0. The zero-order chi connectivity index (χ0) is 43.7. The van der Waals surface area contributed by atoms with Crippen molar-refractivity contribution in [1.29, 1.82) is 0 Å². The molecule has 0 saturated heterocycles. The quantitative estimate of drug-likeness (QED) is 0.147. The van der Waals surface area contributed by atoms with E-state index >= 15 is 26.3 Å². The van der Waals surface area contributed by atoms with E-state index in [0.29, 0.717) is 27.9 Å². The van der Waals surface area contributed by atoms with Gasteiger partial charge in [0.05, 0.1) is 44.6 Å². The van der Waals surface area contributed by atoms with Gasteiger partial charge in [-0.25, -0.2) is 0 Å². The van der Waals surface area contributed by atoms with Gasteiger partial charge in [0.2, 0.25) is 0 Å². The van der Waals surface area contributed by atoms with Gasteiger partial charge in [0, 0.05) is 32.7 Å². The number of aromatic nitrogens is 2. The molecule has 2 aliphatic rings. The van der Waals surface area contributed by atoms with Gasteiger partial charge in [0.25, 0.3) is 0 Å². The molecule has 7 aromatic carbocycles. The molecule has 0 N–H and O–H groups in total. The number of halogens is 6. The maximum absolute atomic E-state index is 15.1. The molecule has 11 rings (SSSR count). The fourth-order valence-electron chi connectivity index (χ4n) is 11.4. The van der Waals surface area contributed by atoms with Crippen LogP contribution in [0.5, 0.6) is 0 Å². The van der Waals surface area contributed by atoms with Gasteiger partial charge in [-0.3, -0.25) is 0 Å². The zero-order valence-electron chi connectivity index (χ0n) is 35.2. The predicted octanol–water partition coefficient (Wildman–Crippen LogP) is 17.3. The van der Waals surface area contributed by atoms with Crippen LogP contribution in [0.2, 0.25) is 0 Å². The van der Waals surface area contributed by atoms with Gasteiger partial charge in [-0.05, 0) is 108 Å². The van der Waals surface area contributed by atoms with Crippen LogP contribution in [0.15, 0.2) is 146 Å². The topological polar surface area (TPSA) is 9.86 Å². The summed E-state index contributed by atoms with van der Waals surface area (Å²) in [6.07, 6.45) is -0.0377. The lowest BCUT2D eigenvalue weighted by molar-refractivity contribution is -0.138. The van der Waals surface area contributed by atoms with Crippen LogP contribution in [0.1, 0.15) is 98.3 Å². The summed E-state index contributed by atoms with van der Waals surface area (Å²) in [7, 11) is 0. The highest BCUT2D eigenvalue weighted by atomic mass is 19.4. The number of para-hydroxylation sites is 4. The summed E-state index contributed by atoms with van der Waals surface area (Å²) >= 11 is 0. The van der Waals surface area contributed by atoms with Gasteiger partial charge in [-0.2, -0.15) is 26.3 Å². The third kappa shape index (κ3) is 6.71. The minimum Gasteiger partial charge on any atom is -0.309 e. The Morgan fingerprint density at radius 3 is 1.03 bits per heavy atom. The average molecular weight is 861 g/mol. The van der Waals surface area contributed by atoms with Crippen LogP contribution >= 0.6 is 0 Å². The lowest BCUT2D eigenvalue weighted by Crippen LogP contribution is -2.20. The number of benzene rings is 7. The maximum atomic E-state index is 15.1. The van der Waals surface area contributed by atoms with Crippen molar-refractivity contribution in [2.45, 2.75) is 88.4 Å². The van der Waals surface area contributed by atoms with Crippen LogP contribution in [0.3, 0.4) is 0 Å². The second kappa shape index (κ2) is 15.8. The Hall–Kier alpha value is -6.28. The molecule has 0 amide bonds. The minimum absolute atomic E-state index is 0.0574. The number of hydrogen-bond donors (Lipinski definition) is 0. The van der Waals surface area contributed by atoms with E-state index in [1.807, 2.05) is 60.7 Å². The van der Waals surface area contributed by atoms with E-state index in [-0.39, 0.29) is 11.8 Å². The largest absolute Gasteiger partial charge is 0.416 e. The predicted molar refractivity (Wildman–Crippen MR) is 248 cm³/mol. The molecule has 0 spiro atoms. The van der Waals surface area contributed by atoms with Crippen molar-refractivity contribution >= 4 is 43.6 Å². The zero-order valence-corrected chi connectivity index (χ0v) is 35.2. The van der Waals surface area contributed by atoms with Crippen molar-refractivity contribution in [3.63, 3.8) is 0 Å². The highest BCUT2D eigenvalue weighted by Crippen LogP contribution is 2.56. The Morgan fingerprint density at radius 2 is 0.688 bits per heavy atom. The molecule has 2 heterocycles. The van der Waals surface area contributed by atoms with Crippen molar-refractivity contribution in [1.82, 2.24) is 9.13 Å². The standard InChI is InChI=1S/C56H46F6N2/c57-55(58,59)39-23-15-21-37(33-39)51-49(35-17-3-1-4-18-35)53(63-45-29-11-7-25-41(45)42-26-8-12-30-46(42)63)50(36-19-5-2-6-20-36)52(38-22-16-24-40(34-38)56(60,61)62)54(51)64-47-31-13-9-27-43(47)44-28-10-14-32-48(44)64/h7-16,21-36H,1-6,17-20H2. The first-order valence-corrected chi connectivity index (χ1v) is 22.6. The number of nitrogens with zero attached hydrogens (tertiary/aromatic N) is 2. The third-order valence-electron chi connectivity index (χ3n) is 14.1. The Morgan fingerprint density at radius 1 is 0.359 bits per heavy atom. The molecule has 0 bridgehead atoms. The Labute approximate surface area is 367 Å². The van der Waals surface area contributed by atoms with Gasteiger partial charge in [-0.1, -0.05) is 136 Å². The summed E-state index contributed by atoms with van der Waals surface area (Å²) in [5.41, 5.74) is 7.53. The van der Waals surface area contributed by atoms with Crippen molar-refractivity contribution in [2.24, 2.45) is 0 Å². The summed E-state index contributed by atoms with van der Waals surface area (Å²) in [5, 5.41) is 3.98. The third-order valence-corrected chi connectivity index (χ3v) is 14.1. The van der Waals surface area contributed by atoms with Crippen LogP contribution in [0, 0.1) is 0 Å². The highest BCUT2D eigenvalue weighted by Gasteiger charge is 2.39. The summed E-state index contributed by atoms with van der Waals surface area (Å²) in [6, 6.07) is 43.9. The van der Waals surface area contributed by atoms with Crippen LogP contribution in [0.25, 0.3) is 77.2 Å². The molecule has 2 saturated carbocycles. The highest BCUT2D eigenvalue weighted by molar-refractivity contribution is 6.13. The van der Waals surface area contributed by atoms with Crippen molar-refractivity contribution in [2.75, 3.05) is 0 Å². The average Bonchev–Trinajstić information content (AvgIpc) is 3.83. The molecule has 9 aromatic rings. The molecule has 0 atom stereocenters. The molecule has 2 aromatic heterocycles. The number of fused-ring (bicyclic) bond motifs is 6. The smallest absolute Gasteiger partial charge is 0.309 e. The lowest BCUT2D eigenvalue weighted by Gasteiger charge is -2.37. The second-order valence-electron chi connectivity index (χ2n) is 17.8. The fourth-order valence-corrected chi connectivity index (χ4v) is 11.4. The van der Waals surface area contributed by atoms with E-state index in [9.17, 15) is 0 Å². The van der Waals surface area contributed by atoms with E-state index in [4.69, 9.17) is 0 Å². The first-order valence-electron chi connectivity index (χ1n) is 22.6.